The molecule has 8 nitrogen and oxygen atoms in total. The van der Waals surface area contributed by atoms with Crippen LogP contribution < -0.4 is 10.6 Å². The number of amides is 2. The van der Waals surface area contributed by atoms with Crippen molar-refractivity contribution < 1.29 is 14.8 Å². The van der Waals surface area contributed by atoms with Crippen molar-refractivity contribution in [2.45, 2.75) is 6.92 Å². The summed E-state index contributed by atoms with van der Waals surface area (Å²) < 4.78 is 0.265. The Hall–Kier alpha value is -2.42. The maximum atomic E-state index is 11.3. The van der Waals surface area contributed by atoms with Crippen LogP contribution in [0.1, 0.15) is 6.92 Å². The number of anilines is 1. The Balaban J connectivity index is 2.38. The van der Waals surface area contributed by atoms with Crippen LogP contribution in [-0.4, -0.2) is 27.6 Å². The molecule has 0 aliphatic carbocycles. The number of aromatic hydroxyl groups is 1. The van der Waals surface area contributed by atoms with E-state index < -0.39 is 16.7 Å². The zero-order chi connectivity index (χ0) is 14.0. The normalized spacial score (nSPS) is 10.4. The van der Waals surface area contributed by atoms with Gasteiger partial charge in [-0.3, -0.25) is 15.4 Å². The summed E-state index contributed by atoms with van der Waals surface area (Å²) in [6.07, 6.45) is 0. The van der Waals surface area contributed by atoms with Crippen molar-refractivity contribution >= 4 is 38.4 Å². The standard InChI is InChI=1S/C10H10N4O4S/c1-2-11-9(16)13-10-12-5-3-4-6(14(17)18)7(15)8(5)19-10/h3-4,15H,2H2,1H3,(H2,11,12,13,16). The van der Waals surface area contributed by atoms with Crippen molar-refractivity contribution in [3.8, 4) is 5.75 Å². The largest absolute Gasteiger partial charge is 0.501 e. The Morgan fingerprint density at radius 3 is 2.95 bits per heavy atom. The summed E-state index contributed by atoms with van der Waals surface area (Å²) in [4.78, 5) is 25.4. The number of phenolic OH excluding ortho intramolecular Hbond substituents is 1. The van der Waals surface area contributed by atoms with Gasteiger partial charge in [0.15, 0.2) is 5.13 Å². The topological polar surface area (TPSA) is 117 Å². The van der Waals surface area contributed by atoms with E-state index in [9.17, 15) is 20.0 Å². The van der Waals surface area contributed by atoms with Crippen LogP contribution in [0.4, 0.5) is 15.6 Å². The van der Waals surface area contributed by atoms with Gasteiger partial charge in [0.2, 0.25) is 5.75 Å². The lowest BCUT2D eigenvalue weighted by molar-refractivity contribution is -0.385. The number of nitrogens with zero attached hydrogens (tertiary/aromatic N) is 2. The Morgan fingerprint density at radius 1 is 1.58 bits per heavy atom. The van der Waals surface area contributed by atoms with Gasteiger partial charge in [-0.25, -0.2) is 9.78 Å². The lowest BCUT2D eigenvalue weighted by atomic mass is 10.3. The lowest BCUT2D eigenvalue weighted by Crippen LogP contribution is -2.28. The number of fused-ring (bicyclic) bond motifs is 1. The fourth-order valence-electron chi connectivity index (χ4n) is 1.47. The number of rotatable bonds is 3. The number of hydrogen-bond acceptors (Lipinski definition) is 6. The number of carbonyl (C=O) groups is 1. The van der Waals surface area contributed by atoms with Crippen LogP contribution in [-0.2, 0) is 0 Å². The summed E-state index contributed by atoms with van der Waals surface area (Å²) in [5, 5.41) is 25.7. The molecule has 0 fully saturated rings. The van der Waals surface area contributed by atoms with Gasteiger partial charge in [0, 0.05) is 12.6 Å². The van der Waals surface area contributed by atoms with E-state index in [-0.39, 0.29) is 15.5 Å². The smallest absolute Gasteiger partial charge is 0.321 e. The number of hydrogen-bond donors (Lipinski definition) is 3. The van der Waals surface area contributed by atoms with Gasteiger partial charge in [-0.15, -0.1) is 0 Å². The molecule has 2 rings (SSSR count). The Kier molecular flexibility index (Phi) is 3.47. The number of nitro groups is 1. The second-order valence-electron chi connectivity index (χ2n) is 3.54. The van der Waals surface area contributed by atoms with Crippen molar-refractivity contribution in [1.82, 2.24) is 10.3 Å². The number of urea groups is 1. The molecule has 0 radical (unpaired) electrons. The summed E-state index contributed by atoms with van der Waals surface area (Å²) in [5.41, 5.74) is 0.000563. The van der Waals surface area contributed by atoms with Gasteiger partial charge < -0.3 is 10.4 Å². The summed E-state index contributed by atoms with van der Waals surface area (Å²) in [6.45, 7) is 2.24. The highest BCUT2D eigenvalue weighted by molar-refractivity contribution is 7.22. The van der Waals surface area contributed by atoms with Gasteiger partial charge in [-0.1, -0.05) is 11.3 Å². The minimum atomic E-state index is -0.675. The third-order valence-electron chi connectivity index (χ3n) is 2.26. The number of carbonyl (C=O) groups excluding carboxylic acids is 1. The van der Waals surface area contributed by atoms with Crippen LogP contribution in [0, 0.1) is 10.1 Å². The average Bonchev–Trinajstić information content (AvgIpc) is 2.72. The highest BCUT2D eigenvalue weighted by Crippen LogP contribution is 2.39. The third kappa shape index (κ3) is 2.55. The van der Waals surface area contributed by atoms with E-state index in [0.717, 1.165) is 11.3 Å². The average molecular weight is 282 g/mol. The maximum Gasteiger partial charge on any atom is 0.321 e. The molecule has 3 N–H and O–H groups in total. The van der Waals surface area contributed by atoms with Gasteiger partial charge in [0.1, 0.15) is 4.70 Å². The summed E-state index contributed by atoms with van der Waals surface area (Å²) in [5.74, 6) is -0.441. The minimum Gasteiger partial charge on any atom is -0.501 e. The van der Waals surface area contributed by atoms with Crippen molar-refractivity contribution in [3.63, 3.8) is 0 Å². The van der Waals surface area contributed by atoms with E-state index in [0.29, 0.717) is 12.1 Å². The molecule has 2 amide bonds. The SMILES string of the molecule is CCNC(=O)Nc1nc2ccc([N+](=O)[O-])c(O)c2s1. The summed E-state index contributed by atoms with van der Waals surface area (Å²) >= 11 is 0.972. The first kappa shape index (κ1) is 13.0. The number of thiazole rings is 1. The molecular weight excluding hydrogens is 272 g/mol. The number of nitrogens with one attached hydrogen (secondary N) is 2. The molecule has 0 bridgehead atoms. The van der Waals surface area contributed by atoms with Crippen LogP contribution in [0.3, 0.4) is 0 Å². The van der Waals surface area contributed by atoms with E-state index in [2.05, 4.69) is 15.6 Å². The zero-order valence-corrected chi connectivity index (χ0v) is 10.7. The van der Waals surface area contributed by atoms with Crippen molar-refractivity contribution in [1.29, 1.82) is 0 Å². The van der Waals surface area contributed by atoms with E-state index in [1.165, 1.54) is 12.1 Å². The maximum absolute atomic E-state index is 11.3. The minimum absolute atomic E-state index is 0.261. The molecule has 9 heteroatoms. The van der Waals surface area contributed by atoms with Gasteiger partial charge in [0.05, 0.1) is 10.4 Å². The van der Waals surface area contributed by atoms with Crippen LogP contribution >= 0.6 is 11.3 Å². The predicted molar refractivity (Wildman–Crippen MR) is 70.6 cm³/mol. The number of aromatic nitrogens is 1. The summed E-state index contributed by atoms with van der Waals surface area (Å²) in [7, 11) is 0. The van der Waals surface area contributed by atoms with Crippen LogP contribution in [0.2, 0.25) is 0 Å². The molecule has 1 aromatic carbocycles. The second-order valence-corrected chi connectivity index (χ2v) is 4.54. The van der Waals surface area contributed by atoms with Crippen molar-refractivity contribution in [2.75, 3.05) is 11.9 Å². The van der Waals surface area contributed by atoms with Crippen LogP contribution in [0.25, 0.3) is 10.2 Å². The third-order valence-corrected chi connectivity index (χ3v) is 3.26. The molecule has 0 atom stereocenters. The number of phenols is 1. The van der Waals surface area contributed by atoms with E-state index in [4.69, 9.17) is 0 Å². The first-order valence-electron chi connectivity index (χ1n) is 5.34. The van der Waals surface area contributed by atoms with Gasteiger partial charge in [-0.2, -0.15) is 0 Å². The van der Waals surface area contributed by atoms with Gasteiger partial charge in [0.25, 0.3) is 0 Å². The number of benzene rings is 1. The first-order chi connectivity index (χ1) is 9.02. The molecule has 0 unspecified atom stereocenters. The Labute approximate surface area is 111 Å². The predicted octanol–water partition coefficient (Wildman–Crippen LogP) is 2.05. The van der Waals surface area contributed by atoms with E-state index in [1.54, 1.807) is 6.92 Å². The molecule has 0 spiro atoms. The number of nitro benzene ring substituents is 1. The molecule has 0 aliphatic rings. The molecule has 0 saturated carbocycles. The highest BCUT2D eigenvalue weighted by Gasteiger charge is 2.19. The molecule has 2 aromatic rings. The molecule has 1 aromatic heterocycles. The Morgan fingerprint density at radius 2 is 2.32 bits per heavy atom. The molecule has 100 valence electrons. The zero-order valence-electron chi connectivity index (χ0n) is 9.84. The van der Waals surface area contributed by atoms with Crippen LogP contribution in [0.15, 0.2) is 12.1 Å². The quantitative estimate of drug-likeness (QED) is 0.588. The fourth-order valence-corrected chi connectivity index (χ4v) is 2.37. The highest BCUT2D eigenvalue weighted by atomic mass is 32.1. The van der Waals surface area contributed by atoms with Crippen molar-refractivity contribution in [3.05, 3.63) is 22.2 Å². The fraction of sp³-hybridized carbons (Fsp3) is 0.200. The van der Waals surface area contributed by atoms with Crippen LogP contribution in [0.5, 0.6) is 5.75 Å². The van der Waals surface area contributed by atoms with Crippen molar-refractivity contribution in [2.24, 2.45) is 0 Å². The Bertz CT molecular complexity index is 654. The summed E-state index contributed by atoms with van der Waals surface area (Å²) in [6, 6.07) is 2.18. The molecule has 0 saturated heterocycles. The molecule has 0 aliphatic heterocycles. The molecule has 19 heavy (non-hydrogen) atoms. The van der Waals surface area contributed by atoms with E-state index in [1.807, 2.05) is 0 Å². The monoisotopic (exact) mass is 282 g/mol. The second kappa shape index (κ2) is 5.06. The molecular formula is C10H10N4O4S. The first-order valence-corrected chi connectivity index (χ1v) is 6.16. The van der Waals surface area contributed by atoms with E-state index >= 15 is 0 Å². The lowest BCUT2D eigenvalue weighted by Gasteiger charge is -2.00. The van der Waals surface area contributed by atoms with Gasteiger partial charge >= 0.3 is 11.7 Å². The van der Waals surface area contributed by atoms with Gasteiger partial charge in [-0.05, 0) is 13.0 Å². The molecule has 1 heterocycles.